The number of aryl methyl sites for hydroxylation is 1. The van der Waals surface area contributed by atoms with Crippen LogP contribution in [0, 0.1) is 0 Å². The van der Waals surface area contributed by atoms with Crippen LogP contribution in [0.3, 0.4) is 0 Å². The molecule has 2 rings (SSSR count). The average molecular weight is 276 g/mol. The highest BCUT2D eigenvalue weighted by atomic mass is 15.3. The van der Waals surface area contributed by atoms with Crippen molar-refractivity contribution in [1.29, 1.82) is 0 Å². The summed E-state index contributed by atoms with van der Waals surface area (Å²) < 4.78 is 3.81. The van der Waals surface area contributed by atoms with Crippen LogP contribution in [0.1, 0.15) is 50.8 Å². The summed E-state index contributed by atoms with van der Waals surface area (Å²) >= 11 is 0. The van der Waals surface area contributed by atoms with Crippen molar-refractivity contribution >= 4 is 0 Å². The molecule has 0 aliphatic rings. The number of aromatic nitrogens is 5. The molecule has 2 aromatic rings. The average Bonchev–Trinajstić information content (AvgIpc) is 3.03. The maximum atomic E-state index is 4.52. The van der Waals surface area contributed by atoms with Gasteiger partial charge in [-0.2, -0.15) is 10.2 Å². The first-order valence-electron chi connectivity index (χ1n) is 7.23. The van der Waals surface area contributed by atoms with Gasteiger partial charge in [0.25, 0.3) is 0 Å². The molecule has 0 spiro atoms. The molecule has 2 heterocycles. The van der Waals surface area contributed by atoms with Crippen LogP contribution in [0.4, 0.5) is 0 Å². The van der Waals surface area contributed by atoms with Crippen LogP contribution in [0.2, 0.25) is 0 Å². The molecule has 20 heavy (non-hydrogen) atoms. The molecule has 0 radical (unpaired) electrons. The van der Waals surface area contributed by atoms with E-state index in [2.05, 4.69) is 47.3 Å². The molecule has 6 heteroatoms. The van der Waals surface area contributed by atoms with Gasteiger partial charge in [-0.1, -0.05) is 6.92 Å². The van der Waals surface area contributed by atoms with E-state index in [1.54, 1.807) is 6.33 Å². The summed E-state index contributed by atoms with van der Waals surface area (Å²) in [5, 5.41) is 12.4. The van der Waals surface area contributed by atoms with Crippen LogP contribution in [0.15, 0.2) is 18.6 Å². The van der Waals surface area contributed by atoms with E-state index in [0.717, 1.165) is 30.9 Å². The first-order chi connectivity index (χ1) is 9.61. The third kappa shape index (κ3) is 3.45. The molecule has 1 N–H and O–H groups in total. The van der Waals surface area contributed by atoms with E-state index in [1.165, 1.54) is 0 Å². The number of nitrogens with zero attached hydrogens (tertiary/aromatic N) is 5. The topological polar surface area (TPSA) is 60.6 Å². The molecular weight excluding hydrogens is 252 g/mol. The van der Waals surface area contributed by atoms with Gasteiger partial charge in [0.1, 0.15) is 12.2 Å². The molecule has 110 valence electrons. The molecule has 0 aromatic carbocycles. The second-order valence-corrected chi connectivity index (χ2v) is 5.34. The first kappa shape index (κ1) is 14.7. The van der Waals surface area contributed by atoms with Gasteiger partial charge in [-0.05, 0) is 32.9 Å². The molecule has 0 saturated carbocycles. The van der Waals surface area contributed by atoms with Crippen LogP contribution in [-0.4, -0.2) is 31.1 Å². The molecule has 0 aliphatic carbocycles. The fourth-order valence-corrected chi connectivity index (χ4v) is 2.25. The monoisotopic (exact) mass is 276 g/mol. The summed E-state index contributed by atoms with van der Waals surface area (Å²) in [6.45, 7) is 7.37. The molecular formula is C14H24N6. The van der Waals surface area contributed by atoms with Crippen molar-refractivity contribution in [2.24, 2.45) is 7.05 Å². The zero-order valence-electron chi connectivity index (χ0n) is 12.7. The van der Waals surface area contributed by atoms with Gasteiger partial charge in [-0.25, -0.2) is 9.67 Å². The van der Waals surface area contributed by atoms with Crippen LogP contribution in [-0.2, 0) is 13.5 Å². The van der Waals surface area contributed by atoms with Crippen LogP contribution >= 0.6 is 0 Å². The van der Waals surface area contributed by atoms with Gasteiger partial charge in [-0.3, -0.25) is 4.68 Å². The minimum absolute atomic E-state index is 0.179. The lowest BCUT2D eigenvalue weighted by Gasteiger charge is -2.17. The van der Waals surface area contributed by atoms with Gasteiger partial charge in [-0.15, -0.1) is 0 Å². The van der Waals surface area contributed by atoms with Gasteiger partial charge < -0.3 is 5.32 Å². The molecule has 0 aliphatic heterocycles. The Morgan fingerprint density at radius 1 is 1.35 bits per heavy atom. The Morgan fingerprint density at radius 2 is 2.15 bits per heavy atom. The Kier molecular flexibility index (Phi) is 4.89. The summed E-state index contributed by atoms with van der Waals surface area (Å²) in [6.07, 6.45) is 5.50. The lowest BCUT2D eigenvalue weighted by Crippen LogP contribution is -2.26. The summed E-state index contributed by atoms with van der Waals surface area (Å²) in [4.78, 5) is 4.39. The Hall–Kier alpha value is -1.69. The van der Waals surface area contributed by atoms with Gasteiger partial charge >= 0.3 is 0 Å². The maximum absolute atomic E-state index is 4.52. The highest BCUT2D eigenvalue weighted by Gasteiger charge is 2.18. The quantitative estimate of drug-likeness (QED) is 0.838. The second-order valence-electron chi connectivity index (χ2n) is 5.34. The molecule has 1 unspecified atom stereocenters. The second kappa shape index (κ2) is 6.65. The lowest BCUT2D eigenvalue weighted by molar-refractivity contribution is 0.455. The van der Waals surface area contributed by atoms with Crippen molar-refractivity contribution in [3.05, 3.63) is 30.1 Å². The van der Waals surface area contributed by atoms with E-state index in [-0.39, 0.29) is 6.04 Å². The summed E-state index contributed by atoms with van der Waals surface area (Å²) in [7, 11) is 1.94. The summed E-state index contributed by atoms with van der Waals surface area (Å²) in [5.74, 6) is 0.999. The molecule has 0 amide bonds. The van der Waals surface area contributed by atoms with Crippen LogP contribution in [0.5, 0.6) is 0 Å². The molecule has 0 bridgehead atoms. The van der Waals surface area contributed by atoms with E-state index in [1.807, 2.05) is 22.6 Å². The predicted octanol–water partition coefficient (Wildman–Crippen LogP) is 1.88. The Morgan fingerprint density at radius 3 is 2.75 bits per heavy atom. The Balaban J connectivity index is 2.17. The predicted molar refractivity (Wildman–Crippen MR) is 78.4 cm³/mol. The number of hydrogen-bond donors (Lipinski definition) is 1. The van der Waals surface area contributed by atoms with Crippen molar-refractivity contribution in [1.82, 2.24) is 29.9 Å². The van der Waals surface area contributed by atoms with E-state index >= 15 is 0 Å². The van der Waals surface area contributed by atoms with E-state index in [9.17, 15) is 0 Å². The van der Waals surface area contributed by atoms with E-state index < -0.39 is 0 Å². The SMILES string of the molecule is CCCNC(Cc1ncnn1C(C)C)c1ccn(C)n1. The minimum Gasteiger partial charge on any atom is -0.308 e. The number of rotatable bonds is 7. The third-order valence-corrected chi connectivity index (χ3v) is 3.26. The van der Waals surface area contributed by atoms with E-state index in [4.69, 9.17) is 0 Å². The number of nitrogens with one attached hydrogen (secondary N) is 1. The minimum atomic E-state index is 0.179. The Bertz CT molecular complexity index is 527. The van der Waals surface area contributed by atoms with E-state index in [0.29, 0.717) is 6.04 Å². The smallest absolute Gasteiger partial charge is 0.138 e. The highest BCUT2D eigenvalue weighted by molar-refractivity contribution is 5.08. The molecule has 6 nitrogen and oxygen atoms in total. The largest absolute Gasteiger partial charge is 0.308 e. The van der Waals surface area contributed by atoms with Gasteiger partial charge in [0, 0.05) is 25.7 Å². The standard InChI is InChI=1S/C14H24N6/c1-5-7-15-13(12-6-8-19(4)18-12)9-14-16-10-17-20(14)11(2)3/h6,8,10-11,13,15H,5,7,9H2,1-4H3. The van der Waals surface area contributed by atoms with Crippen molar-refractivity contribution in [2.45, 2.75) is 45.7 Å². The van der Waals surface area contributed by atoms with Gasteiger partial charge in [0.05, 0.1) is 11.7 Å². The van der Waals surface area contributed by atoms with Crippen LogP contribution < -0.4 is 5.32 Å². The molecule has 1 atom stereocenters. The van der Waals surface area contributed by atoms with Crippen molar-refractivity contribution in [3.63, 3.8) is 0 Å². The van der Waals surface area contributed by atoms with Gasteiger partial charge in [0.2, 0.25) is 0 Å². The Labute approximate surface area is 120 Å². The van der Waals surface area contributed by atoms with Crippen molar-refractivity contribution in [3.8, 4) is 0 Å². The van der Waals surface area contributed by atoms with Crippen molar-refractivity contribution < 1.29 is 0 Å². The molecule has 0 saturated heterocycles. The molecule has 2 aromatic heterocycles. The normalized spacial score (nSPS) is 13.1. The zero-order valence-corrected chi connectivity index (χ0v) is 12.7. The maximum Gasteiger partial charge on any atom is 0.138 e. The van der Waals surface area contributed by atoms with Crippen molar-refractivity contribution in [2.75, 3.05) is 6.54 Å². The highest BCUT2D eigenvalue weighted by Crippen LogP contribution is 2.17. The fraction of sp³-hybridized carbons (Fsp3) is 0.643. The fourth-order valence-electron chi connectivity index (χ4n) is 2.25. The first-order valence-corrected chi connectivity index (χ1v) is 7.23. The summed E-state index contributed by atoms with van der Waals surface area (Å²) in [6, 6.07) is 2.56. The lowest BCUT2D eigenvalue weighted by atomic mass is 10.1. The van der Waals surface area contributed by atoms with Gasteiger partial charge in [0.15, 0.2) is 0 Å². The molecule has 0 fully saturated rings. The van der Waals surface area contributed by atoms with Crippen LogP contribution in [0.25, 0.3) is 0 Å². The third-order valence-electron chi connectivity index (χ3n) is 3.26. The summed E-state index contributed by atoms with van der Waals surface area (Å²) in [5.41, 5.74) is 1.05. The number of hydrogen-bond acceptors (Lipinski definition) is 4. The zero-order chi connectivity index (χ0) is 14.5.